The average Bonchev–Trinajstić information content (AvgIpc) is 2.45. The fourth-order valence-corrected chi connectivity index (χ4v) is 2.09. The van der Waals surface area contributed by atoms with Crippen molar-refractivity contribution in [3.8, 4) is 0 Å². The number of nitrogens with zero attached hydrogens (tertiary/aromatic N) is 1. The Kier molecular flexibility index (Phi) is 11.7. The summed E-state index contributed by atoms with van der Waals surface area (Å²) in [7, 11) is 4.80. The average molecular weight is 290 g/mol. The summed E-state index contributed by atoms with van der Waals surface area (Å²) >= 11 is 0. The zero-order valence-electron chi connectivity index (χ0n) is 13.5. The number of hydrogen-bond donors (Lipinski definition) is 1. The van der Waals surface area contributed by atoms with Gasteiger partial charge in [-0.3, -0.25) is 9.69 Å². The monoisotopic (exact) mass is 290 g/mol. The van der Waals surface area contributed by atoms with Gasteiger partial charge in [-0.05, 0) is 19.9 Å². The van der Waals surface area contributed by atoms with Crippen LogP contribution in [0.15, 0.2) is 0 Å². The molecule has 0 bridgehead atoms. The van der Waals surface area contributed by atoms with Gasteiger partial charge in [0.05, 0.1) is 20.3 Å². The Morgan fingerprint density at radius 3 is 2.40 bits per heavy atom. The van der Waals surface area contributed by atoms with E-state index in [4.69, 9.17) is 14.2 Å². The number of carbonyl (C=O) groups is 1. The lowest BCUT2D eigenvalue weighted by atomic mass is 10.1. The van der Waals surface area contributed by atoms with Gasteiger partial charge in [0.1, 0.15) is 6.04 Å². The number of esters is 1. The first-order valence-corrected chi connectivity index (χ1v) is 7.13. The smallest absolute Gasteiger partial charge is 0.322 e. The van der Waals surface area contributed by atoms with E-state index in [1.807, 2.05) is 6.92 Å². The molecule has 0 rings (SSSR count). The number of nitrogens with one attached hydrogen (secondary N) is 1. The molecule has 6 nitrogen and oxygen atoms in total. The van der Waals surface area contributed by atoms with E-state index < -0.39 is 0 Å². The van der Waals surface area contributed by atoms with Gasteiger partial charge in [-0.1, -0.05) is 6.92 Å². The van der Waals surface area contributed by atoms with E-state index in [9.17, 15) is 4.79 Å². The van der Waals surface area contributed by atoms with Gasteiger partial charge in [0.25, 0.3) is 0 Å². The zero-order valence-corrected chi connectivity index (χ0v) is 13.5. The summed E-state index contributed by atoms with van der Waals surface area (Å²) < 4.78 is 15.1. The molecule has 0 amide bonds. The van der Waals surface area contributed by atoms with Gasteiger partial charge in [0.2, 0.25) is 0 Å². The first kappa shape index (κ1) is 19.3. The van der Waals surface area contributed by atoms with Crippen LogP contribution in [0.3, 0.4) is 0 Å². The highest BCUT2D eigenvalue weighted by molar-refractivity contribution is 5.75. The molecule has 0 aromatic heterocycles. The van der Waals surface area contributed by atoms with Crippen molar-refractivity contribution in [2.75, 3.05) is 54.2 Å². The maximum absolute atomic E-state index is 11.7. The molecule has 20 heavy (non-hydrogen) atoms. The Morgan fingerprint density at radius 1 is 1.20 bits per heavy atom. The van der Waals surface area contributed by atoms with Crippen molar-refractivity contribution in [2.24, 2.45) is 0 Å². The van der Waals surface area contributed by atoms with Crippen molar-refractivity contribution >= 4 is 5.97 Å². The number of ether oxygens (including phenoxy) is 3. The van der Waals surface area contributed by atoms with Gasteiger partial charge in [-0.2, -0.15) is 0 Å². The quantitative estimate of drug-likeness (QED) is 0.529. The summed E-state index contributed by atoms with van der Waals surface area (Å²) in [5.41, 5.74) is 0. The van der Waals surface area contributed by atoms with Gasteiger partial charge < -0.3 is 19.5 Å². The minimum Gasteiger partial charge on any atom is -0.468 e. The summed E-state index contributed by atoms with van der Waals surface area (Å²) in [5.74, 6) is -0.210. The molecule has 0 saturated carbocycles. The lowest BCUT2D eigenvalue weighted by Crippen LogP contribution is -2.44. The normalized spacial score (nSPS) is 14.3. The lowest BCUT2D eigenvalue weighted by molar-refractivity contribution is -0.143. The number of likely N-dealkylation sites (N-methyl/N-ethyl adjacent to an activating group) is 1. The molecular weight excluding hydrogens is 260 g/mol. The Bertz CT molecular complexity index is 251. The molecule has 1 N–H and O–H groups in total. The van der Waals surface area contributed by atoms with Gasteiger partial charge >= 0.3 is 5.97 Å². The summed E-state index contributed by atoms with van der Waals surface area (Å²) in [5, 5.41) is 3.15. The van der Waals surface area contributed by atoms with Crippen LogP contribution in [0.1, 0.15) is 20.3 Å². The highest BCUT2D eigenvalue weighted by Gasteiger charge is 2.21. The van der Waals surface area contributed by atoms with Crippen molar-refractivity contribution in [1.29, 1.82) is 0 Å². The van der Waals surface area contributed by atoms with Crippen molar-refractivity contribution in [1.82, 2.24) is 10.2 Å². The fraction of sp³-hybridized carbons (Fsp3) is 0.929. The number of methoxy groups -OCH3 is 3. The maximum Gasteiger partial charge on any atom is 0.322 e. The van der Waals surface area contributed by atoms with Crippen molar-refractivity contribution in [2.45, 2.75) is 32.4 Å². The molecule has 0 heterocycles. The van der Waals surface area contributed by atoms with Crippen LogP contribution in [0, 0.1) is 0 Å². The van der Waals surface area contributed by atoms with E-state index in [2.05, 4.69) is 17.1 Å². The highest BCUT2D eigenvalue weighted by Crippen LogP contribution is 2.04. The molecule has 6 heteroatoms. The van der Waals surface area contributed by atoms with E-state index >= 15 is 0 Å². The van der Waals surface area contributed by atoms with E-state index in [0.717, 1.165) is 19.6 Å². The van der Waals surface area contributed by atoms with Crippen molar-refractivity contribution in [3.05, 3.63) is 0 Å². The molecule has 0 aliphatic heterocycles. The first-order valence-electron chi connectivity index (χ1n) is 7.13. The topological polar surface area (TPSA) is 60.0 Å². The Balaban J connectivity index is 4.41. The zero-order chi connectivity index (χ0) is 15.4. The largest absolute Gasteiger partial charge is 0.468 e. The van der Waals surface area contributed by atoms with Crippen LogP contribution < -0.4 is 5.32 Å². The summed E-state index contributed by atoms with van der Waals surface area (Å²) in [6.07, 6.45) is 0.707. The van der Waals surface area contributed by atoms with E-state index in [0.29, 0.717) is 19.6 Å². The maximum atomic E-state index is 11.7. The molecule has 0 aromatic carbocycles. The summed E-state index contributed by atoms with van der Waals surface area (Å²) in [6.45, 7) is 7.77. The van der Waals surface area contributed by atoms with Crippen LogP contribution >= 0.6 is 0 Å². The Morgan fingerprint density at radius 2 is 1.90 bits per heavy atom. The fourth-order valence-electron chi connectivity index (χ4n) is 2.09. The molecule has 2 unspecified atom stereocenters. The van der Waals surface area contributed by atoms with Crippen LogP contribution in [0.5, 0.6) is 0 Å². The second-order valence-corrected chi connectivity index (χ2v) is 4.76. The van der Waals surface area contributed by atoms with Crippen LogP contribution in [0.25, 0.3) is 0 Å². The lowest BCUT2D eigenvalue weighted by Gasteiger charge is -2.29. The molecule has 0 saturated heterocycles. The Labute approximate surface area is 122 Å². The van der Waals surface area contributed by atoms with Gasteiger partial charge in [0.15, 0.2) is 0 Å². The third-order valence-electron chi connectivity index (χ3n) is 3.26. The predicted molar refractivity (Wildman–Crippen MR) is 78.9 cm³/mol. The molecule has 0 spiro atoms. The highest BCUT2D eigenvalue weighted by atomic mass is 16.5. The molecule has 0 fully saturated rings. The summed E-state index contributed by atoms with van der Waals surface area (Å²) in [6, 6.07) is 0.0277. The molecule has 2 atom stereocenters. The van der Waals surface area contributed by atoms with Crippen LogP contribution in [0.2, 0.25) is 0 Å². The van der Waals surface area contributed by atoms with Crippen molar-refractivity contribution < 1.29 is 19.0 Å². The molecule has 0 aliphatic carbocycles. The van der Waals surface area contributed by atoms with Gasteiger partial charge in [0, 0.05) is 33.4 Å². The third-order valence-corrected chi connectivity index (χ3v) is 3.26. The van der Waals surface area contributed by atoms with E-state index in [1.54, 1.807) is 14.2 Å². The molecule has 0 aromatic rings. The number of rotatable bonds is 12. The second-order valence-electron chi connectivity index (χ2n) is 4.76. The number of carbonyl (C=O) groups excluding carboxylic acids is 1. The van der Waals surface area contributed by atoms with E-state index in [1.165, 1.54) is 7.11 Å². The minimum absolute atomic E-state index is 0.210. The predicted octanol–water partition coefficient (Wildman–Crippen LogP) is 0.511. The minimum atomic E-state index is -0.259. The van der Waals surface area contributed by atoms with Crippen LogP contribution in [0.4, 0.5) is 0 Å². The van der Waals surface area contributed by atoms with Gasteiger partial charge in [-0.15, -0.1) is 0 Å². The molecule has 120 valence electrons. The molecular formula is C14H30N2O4. The van der Waals surface area contributed by atoms with Crippen molar-refractivity contribution in [3.63, 3.8) is 0 Å². The molecule has 0 aliphatic rings. The van der Waals surface area contributed by atoms with E-state index in [-0.39, 0.29) is 18.1 Å². The number of hydrogen-bond acceptors (Lipinski definition) is 6. The first-order chi connectivity index (χ1) is 9.60. The summed E-state index contributed by atoms with van der Waals surface area (Å²) in [4.78, 5) is 13.9. The molecule has 0 radical (unpaired) electrons. The van der Waals surface area contributed by atoms with Crippen LogP contribution in [-0.4, -0.2) is 77.1 Å². The second kappa shape index (κ2) is 12.1. The standard InChI is InChI=1S/C14H30N2O4/c1-6-15-13(14(17)20-5)7-8-16(9-10-18-3)12(2)11-19-4/h12-13,15H,6-11H2,1-5H3. The SMILES string of the molecule is CCNC(CCN(CCOC)C(C)COC)C(=O)OC. The van der Waals surface area contributed by atoms with Gasteiger partial charge in [-0.25, -0.2) is 0 Å². The third kappa shape index (κ3) is 7.79. The van der Waals surface area contributed by atoms with Crippen LogP contribution in [-0.2, 0) is 19.0 Å². The Hall–Kier alpha value is -0.690.